The van der Waals surface area contributed by atoms with E-state index in [0.29, 0.717) is 12.0 Å². The number of urea groups is 1. The van der Waals surface area contributed by atoms with Gasteiger partial charge in [-0.3, -0.25) is 0 Å². The first-order valence-corrected chi connectivity index (χ1v) is 4.87. The second kappa shape index (κ2) is 2.61. The molecule has 13 heavy (non-hydrogen) atoms. The second-order valence-corrected chi connectivity index (χ2v) is 4.49. The van der Waals surface area contributed by atoms with E-state index >= 15 is 0 Å². The molecule has 2 atom stereocenters. The van der Waals surface area contributed by atoms with Gasteiger partial charge in [-0.05, 0) is 12.3 Å². The molecule has 2 unspecified atom stereocenters. The predicted octanol–water partition coefficient (Wildman–Crippen LogP) is 0.137. The van der Waals surface area contributed by atoms with Crippen molar-refractivity contribution < 1.29 is 4.79 Å². The third kappa shape index (κ3) is 1.05. The number of amides is 2. The summed E-state index contributed by atoms with van der Waals surface area (Å²) in [6, 6.07) is 0.201. The Hall–Kier alpha value is -0.770. The van der Waals surface area contributed by atoms with Gasteiger partial charge in [-0.25, -0.2) is 4.79 Å². The lowest BCUT2D eigenvalue weighted by molar-refractivity contribution is 0.112. The number of carbonyl (C=O) groups is 1. The lowest BCUT2D eigenvalue weighted by Gasteiger charge is -2.40. The van der Waals surface area contributed by atoms with Crippen LogP contribution in [0.2, 0.25) is 0 Å². The predicted molar refractivity (Wildman–Crippen MR) is 50.3 cm³/mol. The summed E-state index contributed by atoms with van der Waals surface area (Å²) in [5, 5.41) is 3.41. The summed E-state index contributed by atoms with van der Waals surface area (Å²) in [4.78, 5) is 13.1. The summed E-state index contributed by atoms with van der Waals surface area (Å²) < 4.78 is 0. The molecule has 4 heteroatoms. The molecule has 2 bridgehead atoms. The maximum absolute atomic E-state index is 11.2. The maximum atomic E-state index is 11.2. The number of primary amides is 1. The third-order valence-corrected chi connectivity index (χ3v) is 3.58. The Morgan fingerprint density at radius 3 is 2.77 bits per heavy atom. The van der Waals surface area contributed by atoms with Crippen molar-refractivity contribution in [1.29, 1.82) is 0 Å². The van der Waals surface area contributed by atoms with Gasteiger partial charge in [-0.1, -0.05) is 13.8 Å². The maximum Gasteiger partial charge on any atom is 0.315 e. The molecule has 3 N–H and O–H groups in total. The highest BCUT2D eigenvalue weighted by Gasteiger charge is 2.53. The van der Waals surface area contributed by atoms with Gasteiger partial charge in [0, 0.05) is 19.1 Å². The molecule has 74 valence electrons. The van der Waals surface area contributed by atoms with Gasteiger partial charge in [0.25, 0.3) is 0 Å². The number of fused-ring (bicyclic) bond motifs is 2. The fraction of sp³-hybridized carbons (Fsp3) is 0.889. The number of nitrogens with one attached hydrogen (secondary N) is 1. The van der Waals surface area contributed by atoms with Crippen molar-refractivity contribution in [2.24, 2.45) is 11.7 Å². The fourth-order valence-corrected chi connectivity index (χ4v) is 2.69. The summed E-state index contributed by atoms with van der Waals surface area (Å²) in [5.74, 6) is 0.472. The van der Waals surface area contributed by atoms with Gasteiger partial charge < -0.3 is 16.0 Å². The number of nitrogens with zero attached hydrogens (tertiary/aromatic N) is 1. The molecule has 2 rings (SSSR count). The molecule has 0 aromatic carbocycles. The van der Waals surface area contributed by atoms with Crippen LogP contribution in [0.4, 0.5) is 4.79 Å². The van der Waals surface area contributed by atoms with Crippen LogP contribution in [0.5, 0.6) is 0 Å². The molecular weight excluding hydrogens is 166 g/mol. The van der Waals surface area contributed by atoms with E-state index in [9.17, 15) is 4.79 Å². The minimum atomic E-state index is -0.266. The summed E-state index contributed by atoms with van der Waals surface area (Å²) in [6.45, 7) is 6.00. The molecule has 0 saturated carbocycles. The van der Waals surface area contributed by atoms with E-state index in [1.54, 1.807) is 0 Å². The van der Waals surface area contributed by atoms with Crippen LogP contribution < -0.4 is 11.1 Å². The highest BCUT2D eigenvalue weighted by molar-refractivity contribution is 5.74. The molecule has 0 aromatic heterocycles. The average molecular weight is 183 g/mol. The van der Waals surface area contributed by atoms with Gasteiger partial charge >= 0.3 is 6.03 Å². The number of nitrogens with two attached hydrogens (primary N) is 1. The molecule has 0 aliphatic carbocycles. The number of rotatable bonds is 1. The minimum absolute atomic E-state index is 0.00347. The van der Waals surface area contributed by atoms with Crippen molar-refractivity contribution in [2.75, 3.05) is 13.1 Å². The molecule has 2 aliphatic rings. The smallest absolute Gasteiger partial charge is 0.315 e. The molecule has 0 radical (unpaired) electrons. The SMILES string of the molecule is CC(C)C12CNC(CN1C(N)=O)C2. The van der Waals surface area contributed by atoms with Gasteiger partial charge in [0.1, 0.15) is 0 Å². The topological polar surface area (TPSA) is 58.4 Å². The van der Waals surface area contributed by atoms with Crippen molar-refractivity contribution in [3.63, 3.8) is 0 Å². The zero-order chi connectivity index (χ0) is 9.64. The number of likely N-dealkylation sites (tertiary alicyclic amines) is 1. The van der Waals surface area contributed by atoms with Gasteiger partial charge in [-0.15, -0.1) is 0 Å². The molecule has 2 aliphatic heterocycles. The van der Waals surface area contributed by atoms with E-state index in [4.69, 9.17) is 5.73 Å². The van der Waals surface area contributed by atoms with Crippen LogP contribution in [0, 0.1) is 5.92 Å². The van der Waals surface area contributed by atoms with Gasteiger partial charge in [0.2, 0.25) is 0 Å². The second-order valence-electron chi connectivity index (χ2n) is 4.49. The summed E-state index contributed by atoms with van der Waals surface area (Å²) in [5.41, 5.74) is 5.36. The van der Waals surface area contributed by atoms with E-state index in [1.807, 2.05) is 4.90 Å². The largest absolute Gasteiger partial charge is 0.351 e. The zero-order valence-electron chi connectivity index (χ0n) is 8.21. The Balaban J connectivity index is 2.27. The fourth-order valence-electron chi connectivity index (χ4n) is 2.69. The van der Waals surface area contributed by atoms with Crippen molar-refractivity contribution in [2.45, 2.75) is 31.8 Å². The first kappa shape index (κ1) is 8.81. The molecule has 2 saturated heterocycles. The standard InChI is InChI=1S/C9H17N3O/c1-6(2)9-3-7(11-5-9)4-12(9)8(10)13/h6-7,11H,3-5H2,1-2H3,(H2,10,13). The van der Waals surface area contributed by atoms with E-state index < -0.39 is 0 Å². The van der Waals surface area contributed by atoms with Gasteiger partial charge in [0.15, 0.2) is 0 Å². The molecule has 2 fully saturated rings. The number of carbonyl (C=O) groups excluding carboxylic acids is 1. The van der Waals surface area contributed by atoms with Crippen LogP contribution in [-0.4, -0.2) is 35.6 Å². The van der Waals surface area contributed by atoms with Crippen LogP contribution in [0.1, 0.15) is 20.3 Å². The van der Waals surface area contributed by atoms with Crippen molar-refractivity contribution >= 4 is 6.03 Å². The first-order chi connectivity index (χ1) is 6.06. The van der Waals surface area contributed by atoms with Gasteiger partial charge in [-0.2, -0.15) is 0 Å². The quantitative estimate of drug-likeness (QED) is 0.607. The lowest BCUT2D eigenvalue weighted by atomic mass is 9.86. The van der Waals surface area contributed by atoms with Crippen molar-refractivity contribution in [3.8, 4) is 0 Å². The first-order valence-electron chi connectivity index (χ1n) is 4.87. The van der Waals surface area contributed by atoms with Crippen LogP contribution in [-0.2, 0) is 0 Å². The number of hydrogen-bond acceptors (Lipinski definition) is 2. The minimum Gasteiger partial charge on any atom is -0.351 e. The normalized spacial score (nSPS) is 37.5. The third-order valence-electron chi connectivity index (χ3n) is 3.58. The van der Waals surface area contributed by atoms with Crippen LogP contribution in [0.15, 0.2) is 0 Å². The molecule has 4 nitrogen and oxygen atoms in total. The van der Waals surface area contributed by atoms with E-state index in [1.165, 1.54) is 0 Å². The Kier molecular flexibility index (Phi) is 1.77. The monoisotopic (exact) mass is 183 g/mol. The van der Waals surface area contributed by atoms with Crippen LogP contribution in [0.3, 0.4) is 0 Å². The molecule has 2 heterocycles. The van der Waals surface area contributed by atoms with Crippen molar-refractivity contribution in [3.05, 3.63) is 0 Å². The highest BCUT2D eigenvalue weighted by Crippen LogP contribution is 2.39. The average Bonchev–Trinajstić information content (AvgIpc) is 2.60. The number of piperazine rings is 1. The Morgan fingerprint density at radius 2 is 2.38 bits per heavy atom. The Labute approximate surface area is 78.5 Å². The van der Waals surface area contributed by atoms with E-state index in [0.717, 1.165) is 19.5 Å². The summed E-state index contributed by atoms with van der Waals surface area (Å²) in [6.07, 6.45) is 1.06. The van der Waals surface area contributed by atoms with Crippen LogP contribution >= 0.6 is 0 Å². The van der Waals surface area contributed by atoms with E-state index in [2.05, 4.69) is 19.2 Å². The molecule has 2 amide bonds. The van der Waals surface area contributed by atoms with Crippen molar-refractivity contribution in [1.82, 2.24) is 10.2 Å². The Morgan fingerprint density at radius 1 is 1.69 bits per heavy atom. The van der Waals surface area contributed by atoms with E-state index in [-0.39, 0.29) is 11.6 Å². The van der Waals surface area contributed by atoms with Crippen LogP contribution in [0.25, 0.3) is 0 Å². The highest BCUT2D eigenvalue weighted by atomic mass is 16.2. The summed E-state index contributed by atoms with van der Waals surface area (Å²) in [7, 11) is 0. The number of hydrogen-bond donors (Lipinski definition) is 2. The lowest BCUT2D eigenvalue weighted by Crippen LogP contribution is -2.59. The van der Waals surface area contributed by atoms with Gasteiger partial charge in [0.05, 0.1) is 5.54 Å². The molecule has 0 aromatic rings. The molecule has 0 spiro atoms. The summed E-state index contributed by atoms with van der Waals surface area (Å²) >= 11 is 0. The Bertz CT molecular complexity index is 241. The molecular formula is C9H17N3O. The zero-order valence-corrected chi connectivity index (χ0v) is 8.21.